The molecule has 1 N–H and O–H groups in total. The van der Waals surface area contributed by atoms with Crippen molar-refractivity contribution >= 4 is 35.0 Å². The molecule has 0 bridgehead atoms. The van der Waals surface area contributed by atoms with Crippen molar-refractivity contribution in [3.63, 3.8) is 0 Å². The van der Waals surface area contributed by atoms with Crippen LogP contribution in [0.25, 0.3) is 11.0 Å². The molecule has 9 heteroatoms. The predicted octanol–water partition coefficient (Wildman–Crippen LogP) is 0.369. The number of aromatic nitrogens is 2. The summed E-state index contributed by atoms with van der Waals surface area (Å²) in [6, 6.07) is 4.27. The molecule has 1 aromatic carbocycles. The first-order valence-corrected chi connectivity index (χ1v) is 9.70. The molecule has 1 unspecified atom stereocenters. The minimum atomic E-state index is -0.794. The van der Waals surface area contributed by atoms with Gasteiger partial charge in [0.25, 0.3) is 5.91 Å². The lowest BCUT2D eigenvalue weighted by atomic mass is 9.98. The van der Waals surface area contributed by atoms with Gasteiger partial charge in [0.05, 0.1) is 16.6 Å². The molecule has 0 saturated carbocycles. The zero-order chi connectivity index (χ0) is 20.7. The van der Waals surface area contributed by atoms with E-state index in [-0.39, 0.29) is 30.6 Å². The van der Waals surface area contributed by atoms with Crippen LogP contribution in [0.1, 0.15) is 42.1 Å². The molecule has 2 aromatic rings. The number of nitrogens with one attached hydrogen (secondary N) is 1. The maximum Gasteiger partial charge on any atom is 0.329 e. The molecular weight excluding hydrogens is 376 g/mol. The van der Waals surface area contributed by atoms with Crippen LogP contribution in [0, 0.1) is 5.92 Å². The fraction of sp³-hybridized carbons (Fsp3) is 0.450. The van der Waals surface area contributed by atoms with Crippen molar-refractivity contribution in [2.45, 2.75) is 31.7 Å². The molecule has 0 aliphatic carbocycles. The first-order valence-electron chi connectivity index (χ1n) is 9.70. The Morgan fingerprint density at radius 2 is 1.86 bits per heavy atom. The van der Waals surface area contributed by atoms with Crippen LogP contribution >= 0.6 is 0 Å². The zero-order valence-corrected chi connectivity index (χ0v) is 16.1. The summed E-state index contributed by atoms with van der Waals surface area (Å²) >= 11 is 0. The standard InChI is InChI=1S/C20H22N4O5/c1-22-17-13(19(28)23-9-7-12(11-25)8-10-23)3-2-4-14(17)24(20(22)29)15-5-6-16(26)21-18(15)27/h2-4,11-12,15H,5-10H2,1H3,(H,21,26,27). The number of imidazole rings is 1. The first-order chi connectivity index (χ1) is 13.9. The molecule has 1 atom stereocenters. The van der Waals surface area contributed by atoms with E-state index in [4.69, 9.17) is 0 Å². The minimum Gasteiger partial charge on any atom is -0.339 e. The molecule has 2 aliphatic rings. The van der Waals surface area contributed by atoms with Crippen LogP contribution in [0.4, 0.5) is 0 Å². The van der Waals surface area contributed by atoms with Crippen molar-refractivity contribution in [3.8, 4) is 0 Å². The molecule has 2 fully saturated rings. The Kier molecular flexibility index (Phi) is 4.81. The second-order valence-corrected chi connectivity index (χ2v) is 7.62. The third-order valence-corrected chi connectivity index (χ3v) is 5.87. The summed E-state index contributed by atoms with van der Waals surface area (Å²) in [6.45, 7) is 0.973. The van der Waals surface area contributed by atoms with Gasteiger partial charge in [-0.25, -0.2) is 4.79 Å². The summed E-state index contributed by atoms with van der Waals surface area (Å²) in [5.74, 6) is -1.08. The lowest BCUT2D eigenvalue weighted by Gasteiger charge is -2.30. The summed E-state index contributed by atoms with van der Waals surface area (Å²) < 4.78 is 2.75. The summed E-state index contributed by atoms with van der Waals surface area (Å²) in [5, 5.41) is 2.28. The fourth-order valence-corrected chi connectivity index (χ4v) is 4.25. The molecule has 0 spiro atoms. The number of amides is 3. The van der Waals surface area contributed by atoms with Gasteiger partial charge in [-0.1, -0.05) is 6.07 Å². The maximum absolute atomic E-state index is 13.2. The van der Waals surface area contributed by atoms with Crippen LogP contribution in [-0.2, 0) is 21.4 Å². The molecule has 3 amide bonds. The summed E-state index contributed by atoms with van der Waals surface area (Å²) in [4.78, 5) is 62.6. The summed E-state index contributed by atoms with van der Waals surface area (Å²) in [5.41, 5.74) is 0.928. The van der Waals surface area contributed by atoms with Crippen molar-refractivity contribution in [1.29, 1.82) is 0 Å². The Labute approximate surface area is 166 Å². The van der Waals surface area contributed by atoms with Crippen LogP contribution in [0.3, 0.4) is 0 Å². The van der Waals surface area contributed by atoms with E-state index in [1.54, 1.807) is 30.1 Å². The third kappa shape index (κ3) is 3.16. The largest absolute Gasteiger partial charge is 0.339 e. The quantitative estimate of drug-likeness (QED) is 0.593. The number of rotatable bonds is 3. The number of piperidine rings is 2. The first kappa shape index (κ1) is 19.1. The lowest BCUT2D eigenvalue weighted by Crippen LogP contribution is -2.44. The maximum atomic E-state index is 13.2. The van der Waals surface area contributed by atoms with E-state index in [0.717, 1.165) is 6.29 Å². The van der Waals surface area contributed by atoms with E-state index in [9.17, 15) is 24.0 Å². The van der Waals surface area contributed by atoms with Crippen LogP contribution in [0.5, 0.6) is 0 Å². The molecule has 9 nitrogen and oxygen atoms in total. The molecule has 4 rings (SSSR count). The number of fused-ring (bicyclic) bond motifs is 1. The van der Waals surface area contributed by atoms with Gasteiger partial charge in [-0.15, -0.1) is 0 Å². The van der Waals surface area contributed by atoms with Crippen molar-refractivity contribution in [3.05, 3.63) is 34.2 Å². The number of hydrogen-bond acceptors (Lipinski definition) is 5. The van der Waals surface area contributed by atoms with E-state index in [1.807, 2.05) is 0 Å². The Morgan fingerprint density at radius 1 is 1.14 bits per heavy atom. The van der Waals surface area contributed by atoms with E-state index < -0.39 is 17.6 Å². The van der Waals surface area contributed by atoms with Gasteiger partial charge >= 0.3 is 5.69 Å². The molecule has 2 saturated heterocycles. The van der Waals surface area contributed by atoms with Gasteiger partial charge in [0, 0.05) is 32.5 Å². The highest BCUT2D eigenvalue weighted by atomic mass is 16.2. The van der Waals surface area contributed by atoms with Gasteiger partial charge < -0.3 is 9.69 Å². The second-order valence-electron chi connectivity index (χ2n) is 7.62. The zero-order valence-electron chi connectivity index (χ0n) is 16.1. The molecule has 152 valence electrons. The fourth-order valence-electron chi connectivity index (χ4n) is 4.25. The Morgan fingerprint density at radius 3 is 2.52 bits per heavy atom. The summed E-state index contributed by atoms with van der Waals surface area (Å²) in [7, 11) is 1.57. The molecule has 0 radical (unpaired) electrons. The van der Waals surface area contributed by atoms with E-state index in [0.29, 0.717) is 42.5 Å². The average molecular weight is 398 g/mol. The number of likely N-dealkylation sites (tertiary alicyclic amines) is 1. The van der Waals surface area contributed by atoms with Crippen molar-refractivity contribution < 1.29 is 19.2 Å². The number of carbonyl (C=O) groups excluding carboxylic acids is 4. The number of benzene rings is 1. The smallest absolute Gasteiger partial charge is 0.329 e. The SMILES string of the molecule is Cn1c(=O)n(C2CCC(=O)NC2=O)c2cccc(C(=O)N3CCC(C=O)CC3)c21. The normalized spacial score (nSPS) is 20.7. The van der Waals surface area contributed by atoms with E-state index in [1.165, 1.54) is 9.13 Å². The number of hydrogen-bond donors (Lipinski definition) is 1. The van der Waals surface area contributed by atoms with Gasteiger partial charge in [-0.2, -0.15) is 0 Å². The van der Waals surface area contributed by atoms with Crippen molar-refractivity contribution in [2.75, 3.05) is 13.1 Å². The molecule has 29 heavy (non-hydrogen) atoms. The molecule has 1 aromatic heterocycles. The van der Waals surface area contributed by atoms with Gasteiger partial charge in [0.2, 0.25) is 11.8 Å². The third-order valence-electron chi connectivity index (χ3n) is 5.87. The van der Waals surface area contributed by atoms with Gasteiger partial charge in [0.1, 0.15) is 12.3 Å². The minimum absolute atomic E-state index is 0.0206. The lowest BCUT2D eigenvalue weighted by molar-refractivity contribution is -0.135. The average Bonchev–Trinajstić information content (AvgIpc) is 2.98. The van der Waals surface area contributed by atoms with Crippen LogP contribution in [0.2, 0.25) is 0 Å². The second kappa shape index (κ2) is 7.31. The van der Waals surface area contributed by atoms with Crippen LogP contribution < -0.4 is 11.0 Å². The number of carbonyl (C=O) groups is 4. The number of aryl methyl sites for hydroxylation is 1. The van der Waals surface area contributed by atoms with Crippen molar-refractivity contribution in [2.24, 2.45) is 13.0 Å². The number of nitrogens with zero attached hydrogens (tertiary/aromatic N) is 3. The highest BCUT2D eigenvalue weighted by Crippen LogP contribution is 2.26. The number of para-hydroxylation sites is 1. The Bertz CT molecular complexity index is 1070. The Balaban J connectivity index is 1.75. The van der Waals surface area contributed by atoms with Crippen LogP contribution in [-0.4, -0.2) is 51.1 Å². The topological polar surface area (TPSA) is 110 Å². The van der Waals surface area contributed by atoms with E-state index >= 15 is 0 Å². The van der Waals surface area contributed by atoms with Crippen molar-refractivity contribution in [1.82, 2.24) is 19.4 Å². The highest BCUT2D eigenvalue weighted by Gasteiger charge is 2.33. The molecule has 3 heterocycles. The molecule has 2 aliphatic heterocycles. The Hall–Kier alpha value is -3.23. The predicted molar refractivity (Wildman–Crippen MR) is 103 cm³/mol. The van der Waals surface area contributed by atoms with Gasteiger partial charge in [-0.05, 0) is 31.4 Å². The number of imide groups is 1. The monoisotopic (exact) mass is 398 g/mol. The summed E-state index contributed by atoms with van der Waals surface area (Å²) in [6.07, 6.45) is 2.58. The molecular formula is C20H22N4O5. The number of aldehydes is 1. The van der Waals surface area contributed by atoms with E-state index in [2.05, 4.69) is 5.32 Å². The van der Waals surface area contributed by atoms with Gasteiger partial charge in [0.15, 0.2) is 0 Å². The van der Waals surface area contributed by atoms with Crippen LogP contribution in [0.15, 0.2) is 23.0 Å². The highest BCUT2D eigenvalue weighted by molar-refractivity contribution is 6.06. The van der Waals surface area contributed by atoms with Gasteiger partial charge in [-0.3, -0.25) is 28.8 Å².